The molecule has 102 valence electrons. The first kappa shape index (κ1) is 16.6. The molecule has 2 heteroatoms. The summed E-state index contributed by atoms with van der Waals surface area (Å²) in [7, 11) is 0. The van der Waals surface area contributed by atoms with E-state index in [9.17, 15) is 4.91 Å². The second-order valence-corrected chi connectivity index (χ2v) is 5.56. The second-order valence-electron chi connectivity index (χ2n) is 5.56. The van der Waals surface area contributed by atoms with Crippen LogP contribution in [0.3, 0.4) is 0 Å². The van der Waals surface area contributed by atoms with Crippen molar-refractivity contribution in [3.05, 3.63) is 4.91 Å². The molecule has 0 spiro atoms. The van der Waals surface area contributed by atoms with Crippen molar-refractivity contribution < 1.29 is 0 Å². The van der Waals surface area contributed by atoms with Crippen LogP contribution in [0.5, 0.6) is 0 Å². The Hall–Kier alpha value is -0.400. The average molecular weight is 241 g/mol. The molecule has 0 saturated carbocycles. The number of hydrogen-bond donors (Lipinski definition) is 0. The van der Waals surface area contributed by atoms with Crippen molar-refractivity contribution in [2.24, 2.45) is 5.18 Å². The molecule has 1 unspecified atom stereocenters. The molecule has 0 amide bonds. The molecule has 0 aromatic carbocycles. The Kier molecular flexibility index (Phi) is 10.5. The minimum atomic E-state index is -0.292. The Bertz CT molecular complexity index is 182. The fourth-order valence-electron chi connectivity index (χ4n) is 2.26. The Morgan fingerprint density at radius 1 is 0.765 bits per heavy atom. The van der Waals surface area contributed by atoms with Gasteiger partial charge in [-0.25, -0.2) is 0 Å². The molecule has 0 aliphatic heterocycles. The van der Waals surface area contributed by atoms with E-state index in [2.05, 4.69) is 19.0 Å². The third-order valence-corrected chi connectivity index (χ3v) is 3.61. The summed E-state index contributed by atoms with van der Waals surface area (Å²) in [5, 5.41) is 3.38. The molecule has 0 radical (unpaired) electrons. The highest BCUT2D eigenvalue weighted by molar-refractivity contribution is 4.82. The van der Waals surface area contributed by atoms with Crippen LogP contribution >= 0.6 is 0 Å². The van der Waals surface area contributed by atoms with Gasteiger partial charge in [-0.1, -0.05) is 76.8 Å². The van der Waals surface area contributed by atoms with E-state index in [0.717, 1.165) is 25.7 Å². The van der Waals surface area contributed by atoms with Gasteiger partial charge in [-0.05, 0) is 19.8 Å². The third-order valence-electron chi connectivity index (χ3n) is 3.61. The van der Waals surface area contributed by atoms with Crippen LogP contribution in [0.25, 0.3) is 0 Å². The van der Waals surface area contributed by atoms with Crippen molar-refractivity contribution in [2.75, 3.05) is 0 Å². The smallest absolute Gasteiger partial charge is 0.0998 e. The minimum Gasteiger partial charge on any atom is -0.150 e. The monoisotopic (exact) mass is 241 g/mol. The fourth-order valence-corrected chi connectivity index (χ4v) is 2.26. The van der Waals surface area contributed by atoms with Crippen molar-refractivity contribution in [3.63, 3.8) is 0 Å². The third kappa shape index (κ3) is 9.31. The quantitative estimate of drug-likeness (QED) is 0.311. The van der Waals surface area contributed by atoms with E-state index in [-0.39, 0.29) is 5.54 Å². The first-order chi connectivity index (χ1) is 8.18. The molecule has 0 bridgehead atoms. The summed E-state index contributed by atoms with van der Waals surface area (Å²) < 4.78 is 0. The van der Waals surface area contributed by atoms with Crippen molar-refractivity contribution in [2.45, 2.75) is 96.9 Å². The van der Waals surface area contributed by atoms with Gasteiger partial charge < -0.3 is 0 Å². The van der Waals surface area contributed by atoms with E-state index >= 15 is 0 Å². The fraction of sp³-hybridized carbons (Fsp3) is 1.00. The summed E-state index contributed by atoms with van der Waals surface area (Å²) >= 11 is 0. The summed E-state index contributed by atoms with van der Waals surface area (Å²) in [6.45, 7) is 6.46. The van der Waals surface area contributed by atoms with Crippen LogP contribution in [-0.4, -0.2) is 5.54 Å². The first-order valence-corrected chi connectivity index (χ1v) is 7.53. The van der Waals surface area contributed by atoms with Crippen LogP contribution in [0.1, 0.15) is 91.4 Å². The van der Waals surface area contributed by atoms with Crippen molar-refractivity contribution in [3.8, 4) is 0 Å². The number of unbranched alkanes of at least 4 members (excludes halogenated alkanes) is 7. The van der Waals surface area contributed by atoms with Crippen LogP contribution in [0, 0.1) is 4.91 Å². The Balaban J connectivity index is 3.60. The summed E-state index contributed by atoms with van der Waals surface area (Å²) in [5.74, 6) is 0. The zero-order valence-corrected chi connectivity index (χ0v) is 12.1. The molecule has 0 heterocycles. The number of hydrogen-bond acceptors (Lipinski definition) is 2. The maximum absolute atomic E-state index is 10.9. The van der Waals surface area contributed by atoms with Gasteiger partial charge in [-0.3, -0.25) is 0 Å². The largest absolute Gasteiger partial charge is 0.150 e. The SMILES string of the molecule is CCCCCCCCC(C)(CCCCC)N=O. The van der Waals surface area contributed by atoms with E-state index in [1.54, 1.807) is 0 Å². The van der Waals surface area contributed by atoms with Gasteiger partial charge in [0.2, 0.25) is 0 Å². The maximum Gasteiger partial charge on any atom is 0.0998 e. The molecule has 0 aliphatic rings. The Morgan fingerprint density at radius 3 is 1.71 bits per heavy atom. The lowest BCUT2D eigenvalue weighted by Gasteiger charge is -2.21. The van der Waals surface area contributed by atoms with Crippen molar-refractivity contribution in [1.29, 1.82) is 0 Å². The van der Waals surface area contributed by atoms with Gasteiger partial charge in [0.25, 0.3) is 0 Å². The predicted molar refractivity (Wildman–Crippen MR) is 76.3 cm³/mol. The molecule has 0 aliphatic carbocycles. The summed E-state index contributed by atoms with van der Waals surface area (Å²) in [6, 6.07) is 0. The van der Waals surface area contributed by atoms with Gasteiger partial charge in [0.15, 0.2) is 0 Å². The predicted octanol–water partition coefficient (Wildman–Crippen LogP) is 5.84. The molecular weight excluding hydrogens is 210 g/mol. The van der Waals surface area contributed by atoms with Crippen LogP contribution in [0.2, 0.25) is 0 Å². The number of nitroso groups, excluding NO2 is 1. The van der Waals surface area contributed by atoms with Gasteiger partial charge in [0.05, 0.1) is 5.54 Å². The van der Waals surface area contributed by atoms with E-state index in [4.69, 9.17) is 0 Å². The van der Waals surface area contributed by atoms with Gasteiger partial charge >= 0.3 is 0 Å². The summed E-state index contributed by atoms with van der Waals surface area (Å²) in [6.07, 6.45) is 13.3. The van der Waals surface area contributed by atoms with Gasteiger partial charge in [-0.2, -0.15) is 4.91 Å². The van der Waals surface area contributed by atoms with E-state index in [0.29, 0.717) is 0 Å². The van der Waals surface area contributed by atoms with Crippen LogP contribution in [0.15, 0.2) is 5.18 Å². The lowest BCUT2D eigenvalue weighted by atomic mass is 9.89. The molecule has 0 aromatic heterocycles. The normalized spacial score (nSPS) is 14.5. The highest BCUT2D eigenvalue weighted by Crippen LogP contribution is 2.26. The van der Waals surface area contributed by atoms with E-state index in [1.165, 1.54) is 44.9 Å². The van der Waals surface area contributed by atoms with Crippen LogP contribution < -0.4 is 0 Å². The standard InChI is InChI=1S/C15H31NO/c1-4-6-8-9-10-12-14-15(3,16-17)13-11-7-5-2/h4-14H2,1-3H3. The lowest BCUT2D eigenvalue weighted by molar-refractivity contribution is 0.366. The van der Waals surface area contributed by atoms with Gasteiger partial charge in [0, 0.05) is 0 Å². The summed E-state index contributed by atoms with van der Waals surface area (Å²) in [5.41, 5.74) is -0.292. The molecular formula is C15H31NO. The second kappa shape index (κ2) is 10.7. The topological polar surface area (TPSA) is 29.4 Å². The van der Waals surface area contributed by atoms with Gasteiger partial charge in [-0.15, -0.1) is 0 Å². The molecule has 0 aromatic rings. The molecule has 0 fully saturated rings. The maximum atomic E-state index is 10.9. The molecule has 1 atom stereocenters. The molecule has 0 saturated heterocycles. The van der Waals surface area contributed by atoms with E-state index in [1.807, 2.05) is 6.92 Å². The van der Waals surface area contributed by atoms with Crippen molar-refractivity contribution >= 4 is 0 Å². The minimum absolute atomic E-state index is 0.292. The highest BCUT2D eigenvalue weighted by atomic mass is 16.3. The molecule has 0 N–H and O–H groups in total. The van der Waals surface area contributed by atoms with Gasteiger partial charge in [0.1, 0.15) is 0 Å². The molecule has 17 heavy (non-hydrogen) atoms. The summed E-state index contributed by atoms with van der Waals surface area (Å²) in [4.78, 5) is 10.9. The number of nitrogens with zero attached hydrogens (tertiary/aromatic N) is 1. The van der Waals surface area contributed by atoms with Crippen LogP contribution in [0.4, 0.5) is 0 Å². The van der Waals surface area contributed by atoms with Crippen molar-refractivity contribution in [1.82, 2.24) is 0 Å². The Labute approximate surface area is 108 Å². The number of rotatable bonds is 12. The lowest BCUT2D eigenvalue weighted by Crippen LogP contribution is -2.21. The first-order valence-electron chi connectivity index (χ1n) is 7.53. The van der Waals surface area contributed by atoms with Crippen LogP contribution in [-0.2, 0) is 0 Å². The van der Waals surface area contributed by atoms with E-state index < -0.39 is 0 Å². The zero-order valence-electron chi connectivity index (χ0n) is 12.1. The molecule has 2 nitrogen and oxygen atoms in total. The highest BCUT2D eigenvalue weighted by Gasteiger charge is 2.23. The zero-order chi connectivity index (χ0) is 13.0. The Morgan fingerprint density at radius 2 is 1.18 bits per heavy atom. The molecule has 0 rings (SSSR count). The average Bonchev–Trinajstić information content (AvgIpc) is 2.34.